The summed E-state index contributed by atoms with van der Waals surface area (Å²) in [6.07, 6.45) is 0. The van der Waals surface area contributed by atoms with Gasteiger partial charge >= 0.3 is 6.03 Å². The Labute approximate surface area is 194 Å². The molecule has 0 saturated carbocycles. The second-order valence-corrected chi connectivity index (χ2v) is 8.48. The molecular formula is C25H21FN4O2S. The Hall–Kier alpha value is -3.78. The Morgan fingerprint density at radius 1 is 0.939 bits per heavy atom. The highest BCUT2D eigenvalue weighted by Gasteiger charge is 2.14. The summed E-state index contributed by atoms with van der Waals surface area (Å²) in [6.45, 7) is 3.86. The highest BCUT2D eigenvalue weighted by atomic mass is 32.2. The van der Waals surface area contributed by atoms with Crippen LogP contribution in [0.2, 0.25) is 0 Å². The number of carbonyl (C=O) groups is 2. The van der Waals surface area contributed by atoms with Crippen LogP contribution in [0, 0.1) is 19.7 Å². The summed E-state index contributed by atoms with van der Waals surface area (Å²) in [5.74, 6) is -0.777. The van der Waals surface area contributed by atoms with Crippen LogP contribution in [0.15, 0.2) is 71.8 Å². The maximum absolute atomic E-state index is 13.3. The Balaban J connectivity index is 1.45. The highest BCUT2D eigenvalue weighted by Crippen LogP contribution is 2.31. The normalized spacial score (nSPS) is 10.8. The Kier molecular flexibility index (Phi) is 6.65. The second kappa shape index (κ2) is 9.79. The molecule has 1 heterocycles. The van der Waals surface area contributed by atoms with Gasteiger partial charge in [-0.3, -0.25) is 10.1 Å². The molecule has 2 N–H and O–H groups in total. The van der Waals surface area contributed by atoms with Crippen molar-refractivity contribution >= 4 is 40.2 Å². The van der Waals surface area contributed by atoms with E-state index >= 15 is 0 Å². The molecule has 0 aliphatic carbocycles. The molecule has 33 heavy (non-hydrogen) atoms. The van der Waals surface area contributed by atoms with Gasteiger partial charge in [0.2, 0.25) is 5.91 Å². The van der Waals surface area contributed by atoms with Crippen LogP contribution in [-0.4, -0.2) is 27.9 Å². The van der Waals surface area contributed by atoms with E-state index in [2.05, 4.69) is 20.8 Å². The number of anilines is 1. The number of nitrogens with zero attached hydrogens (tertiary/aromatic N) is 2. The fourth-order valence-corrected chi connectivity index (χ4v) is 4.18. The number of amides is 3. The first-order valence-corrected chi connectivity index (χ1v) is 11.2. The summed E-state index contributed by atoms with van der Waals surface area (Å²) < 4.78 is 13.3. The van der Waals surface area contributed by atoms with E-state index in [4.69, 9.17) is 0 Å². The molecule has 0 spiro atoms. The minimum absolute atomic E-state index is 0.00509. The monoisotopic (exact) mass is 460 g/mol. The zero-order valence-corrected chi connectivity index (χ0v) is 18.9. The minimum Gasteiger partial charge on any atom is -0.307 e. The summed E-state index contributed by atoms with van der Waals surface area (Å²) in [4.78, 5) is 24.5. The fraction of sp³-hybridized carbons (Fsp3) is 0.120. The molecule has 0 atom stereocenters. The van der Waals surface area contributed by atoms with E-state index in [1.54, 1.807) is 18.2 Å². The van der Waals surface area contributed by atoms with Gasteiger partial charge in [0.05, 0.1) is 5.75 Å². The van der Waals surface area contributed by atoms with Gasteiger partial charge < -0.3 is 5.32 Å². The van der Waals surface area contributed by atoms with Crippen molar-refractivity contribution < 1.29 is 14.0 Å². The van der Waals surface area contributed by atoms with Crippen LogP contribution in [-0.2, 0) is 4.79 Å². The number of aryl methyl sites for hydroxylation is 2. The molecule has 3 amide bonds. The lowest BCUT2D eigenvalue weighted by Crippen LogP contribution is -2.35. The van der Waals surface area contributed by atoms with Crippen LogP contribution in [0.5, 0.6) is 0 Å². The third-order valence-electron chi connectivity index (χ3n) is 4.99. The number of aromatic nitrogens is 2. The number of fused-ring (bicyclic) bond motifs is 1. The van der Waals surface area contributed by atoms with Crippen LogP contribution in [0.4, 0.5) is 14.9 Å². The molecule has 6 nitrogen and oxygen atoms in total. The average molecular weight is 461 g/mol. The Morgan fingerprint density at radius 2 is 1.67 bits per heavy atom. The summed E-state index contributed by atoms with van der Waals surface area (Å²) in [5, 5.41) is 15.9. The van der Waals surface area contributed by atoms with Crippen molar-refractivity contribution in [2.24, 2.45) is 0 Å². The standard InChI is InChI=1S/C25H21FN4O2S/c1-15-7-12-21(16(2)13-15)27-25(32)28-22(31)14-33-24-20-6-4-3-5-19(20)23(29-30-24)17-8-10-18(26)11-9-17/h3-13H,14H2,1-2H3,(H2,27,28,31,32). The molecule has 0 radical (unpaired) electrons. The first kappa shape index (κ1) is 22.4. The van der Waals surface area contributed by atoms with Gasteiger partial charge in [-0.25, -0.2) is 9.18 Å². The number of thioether (sulfide) groups is 1. The first-order chi connectivity index (χ1) is 15.9. The number of hydrogen-bond donors (Lipinski definition) is 2. The SMILES string of the molecule is Cc1ccc(NC(=O)NC(=O)CSc2nnc(-c3ccc(F)cc3)c3ccccc23)c(C)c1. The predicted octanol–water partition coefficient (Wildman–Crippen LogP) is 5.49. The molecule has 0 unspecified atom stereocenters. The quantitative estimate of drug-likeness (QED) is 0.385. The summed E-state index contributed by atoms with van der Waals surface area (Å²) in [5.41, 5.74) is 4.02. The smallest absolute Gasteiger partial charge is 0.307 e. The van der Waals surface area contributed by atoms with E-state index in [0.29, 0.717) is 16.4 Å². The fourth-order valence-electron chi connectivity index (χ4n) is 3.41. The molecule has 4 rings (SSSR count). The number of imide groups is 1. The van der Waals surface area contributed by atoms with Gasteiger partial charge in [0.1, 0.15) is 16.5 Å². The van der Waals surface area contributed by atoms with Gasteiger partial charge in [-0.15, -0.1) is 10.2 Å². The molecule has 166 valence electrons. The van der Waals surface area contributed by atoms with E-state index in [0.717, 1.165) is 27.5 Å². The molecule has 4 aromatic rings. The van der Waals surface area contributed by atoms with E-state index in [1.165, 1.54) is 23.9 Å². The zero-order valence-electron chi connectivity index (χ0n) is 18.1. The molecule has 0 aliphatic heterocycles. The molecule has 0 saturated heterocycles. The van der Waals surface area contributed by atoms with Crippen LogP contribution >= 0.6 is 11.8 Å². The third-order valence-corrected chi connectivity index (χ3v) is 5.98. The predicted molar refractivity (Wildman–Crippen MR) is 129 cm³/mol. The second-order valence-electron chi connectivity index (χ2n) is 7.52. The van der Waals surface area contributed by atoms with Crippen molar-refractivity contribution in [2.75, 3.05) is 11.1 Å². The van der Waals surface area contributed by atoms with Gasteiger partial charge in [-0.1, -0.05) is 53.7 Å². The lowest BCUT2D eigenvalue weighted by Gasteiger charge is -2.11. The van der Waals surface area contributed by atoms with Crippen LogP contribution < -0.4 is 10.6 Å². The number of halogens is 1. The van der Waals surface area contributed by atoms with Gasteiger partial charge in [0.15, 0.2) is 0 Å². The average Bonchev–Trinajstić information content (AvgIpc) is 2.80. The molecule has 0 fully saturated rings. The minimum atomic E-state index is -0.588. The van der Waals surface area contributed by atoms with Crippen molar-refractivity contribution in [1.29, 1.82) is 0 Å². The molecule has 0 aliphatic rings. The van der Waals surface area contributed by atoms with Gasteiger partial charge in [-0.05, 0) is 49.7 Å². The van der Waals surface area contributed by atoms with Gasteiger partial charge in [0.25, 0.3) is 0 Å². The zero-order chi connectivity index (χ0) is 23.4. The number of nitrogens with one attached hydrogen (secondary N) is 2. The Bertz CT molecular complexity index is 1340. The lowest BCUT2D eigenvalue weighted by atomic mass is 10.1. The number of urea groups is 1. The topological polar surface area (TPSA) is 84.0 Å². The molecule has 8 heteroatoms. The summed E-state index contributed by atoms with van der Waals surface area (Å²) >= 11 is 1.19. The van der Waals surface area contributed by atoms with E-state index in [1.807, 2.05) is 50.2 Å². The van der Waals surface area contributed by atoms with Gasteiger partial charge in [-0.2, -0.15) is 0 Å². The van der Waals surface area contributed by atoms with Crippen molar-refractivity contribution in [3.05, 3.63) is 83.7 Å². The number of hydrogen-bond acceptors (Lipinski definition) is 5. The van der Waals surface area contributed by atoms with E-state index in [9.17, 15) is 14.0 Å². The maximum atomic E-state index is 13.3. The van der Waals surface area contributed by atoms with Crippen molar-refractivity contribution in [3.8, 4) is 11.3 Å². The maximum Gasteiger partial charge on any atom is 0.325 e. The van der Waals surface area contributed by atoms with Crippen LogP contribution in [0.25, 0.3) is 22.0 Å². The number of rotatable bonds is 5. The van der Waals surface area contributed by atoms with Crippen molar-refractivity contribution in [2.45, 2.75) is 18.9 Å². The van der Waals surface area contributed by atoms with E-state index < -0.39 is 11.9 Å². The molecule has 0 bridgehead atoms. The number of benzene rings is 3. The highest BCUT2D eigenvalue weighted by molar-refractivity contribution is 8.00. The number of carbonyl (C=O) groups excluding carboxylic acids is 2. The van der Waals surface area contributed by atoms with Crippen LogP contribution in [0.3, 0.4) is 0 Å². The van der Waals surface area contributed by atoms with Gasteiger partial charge in [0, 0.05) is 22.0 Å². The lowest BCUT2D eigenvalue weighted by molar-refractivity contribution is -0.117. The molecular weight excluding hydrogens is 439 g/mol. The Morgan fingerprint density at radius 3 is 2.39 bits per heavy atom. The first-order valence-electron chi connectivity index (χ1n) is 10.2. The largest absolute Gasteiger partial charge is 0.325 e. The van der Waals surface area contributed by atoms with Crippen LogP contribution in [0.1, 0.15) is 11.1 Å². The van der Waals surface area contributed by atoms with Crippen molar-refractivity contribution in [3.63, 3.8) is 0 Å². The summed E-state index contributed by atoms with van der Waals surface area (Å²) in [7, 11) is 0. The molecule has 3 aromatic carbocycles. The van der Waals surface area contributed by atoms with E-state index in [-0.39, 0.29) is 11.6 Å². The third kappa shape index (κ3) is 5.35. The molecule has 1 aromatic heterocycles. The van der Waals surface area contributed by atoms with Crippen molar-refractivity contribution in [1.82, 2.24) is 15.5 Å². The summed E-state index contributed by atoms with van der Waals surface area (Å²) in [6, 6.07) is 18.7.